The highest BCUT2D eigenvalue weighted by molar-refractivity contribution is 6.29. The van der Waals surface area contributed by atoms with Crippen LogP contribution in [0.4, 0.5) is 0 Å². The summed E-state index contributed by atoms with van der Waals surface area (Å²) < 4.78 is 11.6. The molecule has 0 bridgehead atoms. The van der Waals surface area contributed by atoms with Gasteiger partial charge in [-0.25, -0.2) is 15.0 Å². The summed E-state index contributed by atoms with van der Waals surface area (Å²) in [6, 6.07) is 138. The van der Waals surface area contributed by atoms with Crippen molar-refractivity contribution in [1.82, 2.24) is 52.2 Å². The fraction of sp³-hybridized carbons (Fsp3) is 0. The van der Waals surface area contributed by atoms with Gasteiger partial charge in [-0.3, -0.25) is 28.2 Å². The number of hydrogen-bond acceptors (Lipinski definition) is 6. The summed E-state index contributed by atoms with van der Waals surface area (Å²) in [6.45, 7) is 0. The van der Waals surface area contributed by atoms with Gasteiger partial charge in [-0.2, -0.15) is 0 Å². The summed E-state index contributed by atoms with van der Waals surface area (Å²) in [5, 5.41) is 21.4. The minimum Gasteiger partial charge on any atom is -0.309 e. The molecule has 28 rings (SSSR count). The summed E-state index contributed by atoms with van der Waals surface area (Å²) in [7, 11) is 0. The Kier molecular flexibility index (Phi) is 14.9. The van der Waals surface area contributed by atoms with Crippen molar-refractivity contribution in [3.63, 3.8) is 0 Å². The van der Waals surface area contributed by atoms with Crippen LogP contribution in [0.25, 0.3) is 247 Å². The lowest BCUT2D eigenvalue weighted by molar-refractivity contribution is 1.18. The van der Waals surface area contributed by atoms with Gasteiger partial charge < -0.3 is 9.13 Å². The van der Waals surface area contributed by atoms with E-state index in [9.17, 15) is 0 Å². The number of fused-ring (bicyclic) bond motifs is 37. The van der Waals surface area contributed by atoms with Crippen LogP contribution in [0.3, 0.4) is 0 Å². The van der Waals surface area contributed by atoms with Gasteiger partial charge >= 0.3 is 0 Å². The Balaban J connectivity index is 0.0000000992. The molecule has 123 heavy (non-hydrogen) atoms. The molecule has 0 fully saturated rings. The lowest BCUT2D eigenvalue weighted by Gasteiger charge is -2.16. The molecule has 11 heteroatoms. The standard InChI is InChI=1S/C40H24N4.C38H23N3.C34H20N4/c1-2-16-30-27(13-1)31(24-32-38(30)40-42-33-17-5-8-20-36(33)44(40)37-21-10-22-41-39(32)37)25-11-9-12-26(23-25)43-34-18-6-3-14-28(34)29-15-4-7-19-35(29)43;1-2-11-27-24(9-1)10-7-14-28(27)25-18-20-26(21-19-25)31-23-32-36(30-13-4-3-12-29(30)31)38-40-33-15-5-6-16-34(33)41(38)35-17-8-22-39-37(32)35;1-2-13-24-23(12-1)31(37-27-15-6-3-10-21(27)22-11-4-7-16-28(22)37)20-25-32(24)34-36-26-14-5-8-17-29(26)38(34)30-18-9-19-35-33(25)30/h1-24H;1-23H;1-20H. The van der Waals surface area contributed by atoms with Crippen LogP contribution in [-0.2, 0) is 0 Å². The maximum atomic E-state index is 5.18. The molecule has 0 spiro atoms. The number of nitrogens with zero attached hydrogens (tertiary/aromatic N) is 11. The van der Waals surface area contributed by atoms with E-state index in [-0.39, 0.29) is 0 Å². The molecular weight excluding hydrogens is 1500 g/mol. The second-order valence-electron chi connectivity index (χ2n) is 31.9. The first kappa shape index (κ1) is 68.3. The summed E-state index contributed by atoms with van der Waals surface area (Å²) in [5.41, 5.74) is 29.6. The van der Waals surface area contributed by atoms with Crippen molar-refractivity contribution in [2.24, 2.45) is 0 Å². The highest BCUT2D eigenvalue weighted by Gasteiger charge is 2.26. The molecule has 0 saturated carbocycles. The van der Waals surface area contributed by atoms with Crippen LogP contribution >= 0.6 is 0 Å². The van der Waals surface area contributed by atoms with E-state index in [1.54, 1.807) is 0 Å². The number of hydrogen-bond donors (Lipinski definition) is 0. The van der Waals surface area contributed by atoms with Crippen molar-refractivity contribution in [3.8, 4) is 44.8 Å². The SMILES string of the molecule is c1cc(-c2cc3c4ncccc4n4c5ccccc5nc4c3c3ccccc23)cc(-n2c3ccccc3c3ccccc32)c1.c1ccc2c(-c3ccc(-c4cc5c6ncccc6n6c7ccccc7nc6c5c5ccccc45)cc3)cccc2c1.c1ccc2c(c1)nc1c3c4ccccc4c(-n4c5ccccc5c5ccccc54)cc3c3ncccc3n21. The molecule has 0 radical (unpaired) electrons. The summed E-state index contributed by atoms with van der Waals surface area (Å²) >= 11 is 0. The molecule has 0 aliphatic carbocycles. The number of rotatable bonds is 5. The molecule has 0 amide bonds. The third-order valence-electron chi connectivity index (χ3n) is 25.4. The van der Waals surface area contributed by atoms with Gasteiger partial charge in [0.15, 0.2) is 0 Å². The van der Waals surface area contributed by atoms with Crippen molar-refractivity contribution in [3.05, 3.63) is 407 Å². The molecule has 570 valence electrons. The minimum absolute atomic E-state index is 0.962. The topological polar surface area (TPSA) is 100 Å². The van der Waals surface area contributed by atoms with Gasteiger partial charge in [0, 0.05) is 83.5 Å². The Morgan fingerprint density at radius 1 is 0.187 bits per heavy atom. The van der Waals surface area contributed by atoms with Crippen molar-refractivity contribution in [2.75, 3.05) is 0 Å². The van der Waals surface area contributed by atoms with Gasteiger partial charge in [-0.15, -0.1) is 0 Å². The van der Waals surface area contributed by atoms with E-state index in [0.29, 0.717) is 0 Å². The molecule has 0 unspecified atom stereocenters. The maximum Gasteiger partial charge on any atom is 0.147 e. The lowest BCUT2D eigenvalue weighted by Crippen LogP contribution is -1.99. The average molecular weight is 1570 g/mol. The first-order chi connectivity index (χ1) is 61.1. The number of aromatic nitrogens is 11. The Bertz CT molecular complexity index is 9260. The Morgan fingerprint density at radius 2 is 0.512 bits per heavy atom. The van der Waals surface area contributed by atoms with E-state index < -0.39 is 0 Å². The molecule has 28 aromatic rings. The number of imidazole rings is 3. The van der Waals surface area contributed by atoms with Gasteiger partial charge in [0.1, 0.15) is 16.9 Å². The van der Waals surface area contributed by atoms with Crippen LogP contribution in [-0.4, -0.2) is 52.2 Å². The van der Waals surface area contributed by atoms with E-state index in [1.165, 1.54) is 120 Å². The van der Waals surface area contributed by atoms with Crippen molar-refractivity contribution in [2.45, 2.75) is 0 Å². The fourth-order valence-electron chi connectivity index (χ4n) is 20.2. The molecule has 0 aliphatic heterocycles. The van der Waals surface area contributed by atoms with E-state index >= 15 is 0 Å². The van der Waals surface area contributed by atoms with E-state index in [0.717, 1.165) is 127 Å². The van der Waals surface area contributed by atoms with Gasteiger partial charge in [0.05, 0.1) is 94.0 Å². The molecule has 0 atom stereocenters. The summed E-state index contributed by atoms with van der Waals surface area (Å²) in [6.07, 6.45) is 5.67. The quantitative estimate of drug-likeness (QED) is 0.159. The third kappa shape index (κ3) is 10.2. The average Bonchev–Trinajstić information content (AvgIpc) is 1.63. The fourth-order valence-corrected chi connectivity index (χ4v) is 20.2. The van der Waals surface area contributed by atoms with E-state index in [4.69, 9.17) is 29.9 Å². The zero-order valence-corrected chi connectivity index (χ0v) is 66.1. The van der Waals surface area contributed by atoms with Crippen LogP contribution in [0.15, 0.2) is 407 Å². The number of benzene rings is 17. The van der Waals surface area contributed by atoms with Crippen molar-refractivity contribution < 1.29 is 0 Å². The monoisotopic (exact) mass is 1570 g/mol. The Labute approximate surface area is 701 Å². The predicted octanol–water partition coefficient (Wildman–Crippen LogP) is 28.4. The van der Waals surface area contributed by atoms with E-state index in [2.05, 4.69) is 392 Å². The van der Waals surface area contributed by atoms with Crippen molar-refractivity contribution >= 4 is 202 Å². The summed E-state index contributed by atoms with van der Waals surface area (Å²) in [5.74, 6) is 0. The van der Waals surface area contributed by atoms with Crippen molar-refractivity contribution in [1.29, 1.82) is 0 Å². The second-order valence-corrected chi connectivity index (χ2v) is 31.9. The smallest absolute Gasteiger partial charge is 0.147 e. The van der Waals surface area contributed by atoms with Gasteiger partial charge in [-0.05, 0) is 198 Å². The molecule has 11 heterocycles. The number of para-hydroxylation sites is 10. The highest BCUT2D eigenvalue weighted by Crippen LogP contribution is 2.47. The molecule has 11 aromatic heterocycles. The Morgan fingerprint density at radius 3 is 0.967 bits per heavy atom. The lowest BCUT2D eigenvalue weighted by atomic mass is 9.91. The zero-order chi connectivity index (χ0) is 80.5. The molecule has 0 saturated heterocycles. The first-order valence-electron chi connectivity index (χ1n) is 41.7. The van der Waals surface area contributed by atoms with E-state index in [1.807, 2.05) is 36.8 Å². The van der Waals surface area contributed by atoms with Crippen LogP contribution in [0.1, 0.15) is 0 Å². The Hall–Kier alpha value is -16.8. The summed E-state index contributed by atoms with van der Waals surface area (Å²) in [4.78, 5) is 30.3. The predicted molar refractivity (Wildman–Crippen MR) is 512 cm³/mol. The number of pyridine rings is 6. The highest BCUT2D eigenvalue weighted by atomic mass is 15.1. The maximum absolute atomic E-state index is 5.18. The van der Waals surface area contributed by atoms with Crippen LogP contribution in [0.2, 0.25) is 0 Å². The largest absolute Gasteiger partial charge is 0.309 e. The van der Waals surface area contributed by atoms with Gasteiger partial charge in [0.2, 0.25) is 0 Å². The zero-order valence-electron chi connectivity index (χ0n) is 66.1. The second kappa shape index (κ2) is 26.9. The molecule has 0 aliphatic rings. The molecule has 11 nitrogen and oxygen atoms in total. The van der Waals surface area contributed by atoms with Gasteiger partial charge in [-0.1, -0.05) is 261 Å². The molecule has 17 aromatic carbocycles. The van der Waals surface area contributed by atoms with Crippen LogP contribution in [0, 0.1) is 0 Å². The molecular formula is C112H67N11. The van der Waals surface area contributed by atoms with Crippen LogP contribution < -0.4 is 0 Å². The third-order valence-corrected chi connectivity index (χ3v) is 25.4. The minimum atomic E-state index is 0.962. The first-order valence-corrected chi connectivity index (χ1v) is 41.7. The molecule has 0 N–H and O–H groups in total. The normalized spacial score (nSPS) is 12.1. The van der Waals surface area contributed by atoms with Gasteiger partial charge in [0.25, 0.3) is 0 Å². The van der Waals surface area contributed by atoms with Crippen LogP contribution in [0.5, 0.6) is 0 Å².